The lowest BCUT2D eigenvalue weighted by atomic mass is 9.89. The first-order valence-corrected chi connectivity index (χ1v) is 5.04. The van der Waals surface area contributed by atoms with Crippen molar-refractivity contribution in [2.24, 2.45) is 0 Å². The first-order valence-electron chi connectivity index (χ1n) is 5.04. The zero-order valence-corrected chi connectivity index (χ0v) is 8.58. The van der Waals surface area contributed by atoms with Gasteiger partial charge in [-0.15, -0.1) is 0 Å². The lowest BCUT2D eigenvalue weighted by molar-refractivity contribution is -0.136. The highest BCUT2D eigenvalue weighted by Crippen LogP contribution is 2.24. The number of esters is 1. The molecular formula is C11H13NO3. The number of ketones is 1. The molecule has 1 atom stereocenters. The topological polar surface area (TPSA) is 55.4 Å². The number of allylic oxidation sites excluding steroid dienone is 2. The standard InChI is InChI=1S/C11H13NO3/c1-7(13)15-10-4-2-3-9(14)11(10)8-5-6-12-8/h2,4,8,12H,3,5-6H2,1H3. The third-order valence-corrected chi connectivity index (χ3v) is 2.56. The summed E-state index contributed by atoms with van der Waals surface area (Å²) in [5, 5.41) is 3.14. The van der Waals surface area contributed by atoms with E-state index in [1.807, 2.05) is 0 Å². The Kier molecular flexibility index (Phi) is 2.68. The summed E-state index contributed by atoms with van der Waals surface area (Å²) in [5.41, 5.74) is 0.624. The van der Waals surface area contributed by atoms with Crippen LogP contribution in [0.3, 0.4) is 0 Å². The van der Waals surface area contributed by atoms with Crippen LogP contribution in [-0.4, -0.2) is 24.3 Å². The van der Waals surface area contributed by atoms with E-state index in [4.69, 9.17) is 4.74 Å². The summed E-state index contributed by atoms with van der Waals surface area (Å²) in [7, 11) is 0. The Balaban J connectivity index is 2.27. The van der Waals surface area contributed by atoms with Gasteiger partial charge in [0.1, 0.15) is 5.76 Å². The predicted octanol–water partition coefficient (Wildman–Crippen LogP) is 0.695. The Bertz CT molecular complexity index is 364. The summed E-state index contributed by atoms with van der Waals surface area (Å²) in [5.74, 6) is 0.0723. The average Bonchev–Trinajstić information content (AvgIpc) is 2.06. The van der Waals surface area contributed by atoms with Gasteiger partial charge in [0, 0.05) is 19.4 Å². The van der Waals surface area contributed by atoms with E-state index in [9.17, 15) is 9.59 Å². The highest BCUT2D eigenvalue weighted by molar-refractivity contribution is 6.00. The number of rotatable bonds is 2. The Morgan fingerprint density at radius 3 is 2.87 bits per heavy atom. The Morgan fingerprint density at radius 1 is 1.60 bits per heavy atom. The van der Waals surface area contributed by atoms with E-state index < -0.39 is 0 Å². The molecule has 1 N–H and O–H groups in total. The molecule has 1 unspecified atom stereocenters. The van der Waals surface area contributed by atoms with Crippen LogP contribution in [-0.2, 0) is 14.3 Å². The average molecular weight is 207 g/mol. The predicted molar refractivity (Wildman–Crippen MR) is 54.0 cm³/mol. The van der Waals surface area contributed by atoms with Gasteiger partial charge in [-0.3, -0.25) is 9.59 Å². The van der Waals surface area contributed by atoms with Crippen LogP contribution < -0.4 is 5.32 Å². The molecule has 0 radical (unpaired) electrons. The summed E-state index contributed by atoms with van der Waals surface area (Å²) in [4.78, 5) is 22.6. The molecule has 0 amide bonds. The van der Waals surface area contributed by atoms with Crippen LogP contribution in [0.5, 0.6) is 0 Å². The van der Waals surface area contributed by atoms with Gasteiger partial charge in [0.2, 0.25) is 0 Å². The third-order valence-electron chi connectivity index (χ3n) is 2.56. The van der Waals surface area contributed by atoms with E-state index in [-0.39, 0.29) is 17.8 Å². The number of Topliss-reactive ketones (excluding diaryl/α,β-unsaturated/α-hetero) is 1. The van der Waals surface area contributed by atoms with Crippen LogP contribution in [0.25, 0.3) is 0 Å². The molecule has 1 aliphatic heterocycles. The smallest absolute Gasteiger partial charge is 0.308 e. The minimum atomic E-state index is -0.388. The van der Waals surface area contributed by atoms with Gasteiger partial charge in [-0.05, 0) is 19.0 Å². The second-order valence-electron chi connectivity index (χ2n) is 3.70. The first-order chi connectivity index (χ1) is 7.18. The van der Waals surface area contributed by atoms with Gasteiger partial charge in [0.25, 0.3) is 0 Å². The zero-order valence-electron chi connectivity index (χ0n) is 8.58. The number of hydrogen-bond acceptors (Lipinski definition) is 4. The SMILES string of the molecule is CC(=O)OC1=C(C2CCN2)C(=O)CC=C1. The molecule has 4 nitrogen and oxygen atoms in total. The van der Waals surface area contributed by atoms with Crippen LogP contribution in [0.2, 0.25) is 0 Å². The van der Waals surface area contributed by atoms with Crippen molar-refractivity contribution in [3.8, 4) is 0 Å². The fourth-order valence-corrected chi connectivity index (χ4v) is 1.76. The van der Waals surface area contributed by atoms with Gasteiger partial charge in [0.15, 0.2) is 5.78 Å². The van der Waals surface area contributed by atoms with Crippen molar-refractivity contribution < 1.29 is 14.3 Å². The number of hydrogen-bond donors (Lipinski definition) is 1. The van der Waals surface area contributed by atoms with Crippen LogP contribution in [0.15, 0.2) is 23.5 Å². The number of ether oxygens (including phenoxy) is 1. The molecule has 0 spiro atoms. The van der Waals surface area contributed by atoms with Crippen molar-refractivity contribution in [3.05, 3.63) is 23.5 Å². The van der Waals surface area contributed by atoms with Crippen molar-refractivity contribution in [1.29, 1.82) is 0 Å². The Hall–Kier alpha value is -1.42. The van der Waals surface area contributed by atoms with E-state index in [1.54, 1.807) is 12.2 Å². The van der Waals surface area contributed by atoms with Crippen molar-refractivity contribution in [3.63, 3.8) is 0 Å². The van der Waals surface area contributed by atoms with Crippen molar-refractivity contribution in [1.82, 2.24) is 5.32 Å². The number of carbonyl (C=O) groups is 2. The molecule has 4 heteroatoms. The molecule has 0 aromatic carbocycles. The van der Waals surface area contributed by atoms with Crippen molar-refractivity contribution in [2.45, 2.75) is 25.8 Å². The summed E-state index contributed by atoms with van der Waals surface area (Å²) in [6.45, 7) is 2.25. The van der Waals surface area contributed by atoms with Gasteiger partial charge >= 0.3 is 5.97 Å². The van der Waals surface area contributed by atoms with E-state index in [0.29, 0.717) is 17.8 Å². The second kappa shape index (κ2) is 3.98. The maximum Gasteiger partial charge on any atom is 0.308 e. The molecule has 1 saturated heterocycles. The Labute approximate surface area is 88.0 Å². The van der Waals surface area contributed by atoms with Gasteiger partial charge in [-0.25, -0.2) is 0 Å². The molecule has 2 rings (SSSR count). The molecule has 0 aromatic rings. The van der Waals surface area contributed by atoms with E-state index in [0.717, 1.165) is 13.0 Å². The van der Waals surface area contributed by atoms with Gasteiger partial charge < -0.3 is 10.1 Å². The molecule has 0 saturated carbocycles. The van der Waals surface area contributed by atoms with Gasteiger partial charge in [-0.1, -0.05) is 6.08 Å². The van der Waals surface area contributed by atoms with Crippen molar-refractivity contribution >= 4 is 11.8 Å². The third kappa shape index (κ3) is 1.99. The summed E-state index contributed by atoms with van der Waals surface area (Å²) in [6, 6.07) is 0.0665. The molecule has 0 bridgehead atoms. The summed E-state index contributed by atoms with van der Waals surface area (Å²) < 4.78 is 5.02. The van der Waals surface area contributed by atoms with Crippen LogP contribution in [0.4, 0.5) is 0 Å². The molecule has 2 aliphatic rings. The molecule has 1 fully saturated rings. The number of nitrogens with one attached hydrogen (secondary N) is 1. The van der Waals surface area contributed by atoms with E-state index in [2.05, 4.69) is 5.32 Å². The molecular weight excluding hydrogens is 194 g/mol. The highest BCUT2D eigenvalue weighted by Gasteiger charge is 2.30. The largest absolute Gasteiger partial charge is 0.426 e. The molecule has 0 aromatic heterocycles. The monoisotopic (exact) mass is 207 g/mol. The molecule has 1 heterocycles. The fourth-order valence-electron chi connectivity index (χ4n) is 1.76. The van der Waals surface area contributed by atoms with Crippen LogP contribution >= 0.6 is 0 Å². The lowest BCUT2D eigenvalue weighted by Gasteiger charge is -2.31. The lowest BCUT2D eigenvalue weighted by Crippen LogP contribution is -2.46. The maximum atomic E-state index is 11.7. The normalized spacial score (nSPS) is 25.1. The first kappa shape index (κ1) is 10.1. The number of carbonyl (C=O) groups excluding carboxylic acids is 2. The van der Waals surface area contributed by atoms with Crippen LogP contribution in [0, 0.1) is 0 Å². The summed E-state index contributed by atoms with van der Waals surface area (Å²) in [6.07, 6.45) is 4.76. The van der Waals surface area contributed by atoms with Crippen molar-refractivity contribution in [2.75, 3.05) is 6.54 Å². The molecule has 80 valence electrons. The summed E-state index contributed by atoms with van der Waals surface area (Å²) >= 11 is 0. The minimum absolute atomic E-state index is 0.0472. The highest BCUT2D eigenvalue weighted by atomic mass is 16.5. The zero-order chi connectivity index (χ0) is 10.8. The fraction of sp³-hybridized carbons (Fsp3) is 0.455. The molecule has 1 aliphatic carbocycles. The maximum absolute atomic E-state index is 11.7. The Morgan fingerprint density at radius 2 is 2.33 bits per heavy atom. The molecule has 15 heavy (non-hydrogen) atoms. The van der Waals surface area contributed by atoms with Gasteiger partial charge in [-0.2, -0.15) is 0 Å². The van der Waals surface area contributed by atoms with Crippen LogP contribution in [0.1, 0.15) is 19.8 Å². The minimum Gasteiger partial charge on any atom is -0.426 e. The van der Waals surface area contributed by atoms with E-state index in [1.165, 1.54) is 6.92 Å². The van der Waals surface area contributed by atoms with Gasteiger partial charge in [0.05, 0.1) is 5.57 Å². The van der Waals surface area contributed by atoms with E-state index >= 15 is 0 Å². The second-order valence-corrected chi connectivity index (χ2v) is 3.70. The quantitative estimate of drug-likeness (QED) is 0.677.